The van der Waals surface area contributed by atoms with E-state index >= 15 is 0 Å². The third-order valence-corrected chi connectivity index (χ3v) is 2.53. The highest BCUT2D eigenvalue weighted by molar-refractivity contribution is 5.07. The third kappa shape index (κ3) is 1.50. The van der Waals surface area contributed by atoms with Crippen molar-refractivity contribution in [3.8, 4) is 0 Å². The van der Waals surface area contributed by atoms with E-state index in [1.54, 1.807) is 0 Å². The molecule has 0 radical (unpaired) electrons. The van der Waals surface area contributed by atoms with Crippen LogP contribution in [0, 0.1) is 5.92 Å². The molecule has 2 N–H and O–H groups in total. The van der Waals surface area contributed by atoms with Gasteiger partial charge in [0.2, 0.25) is 0 Å². The van der Waals surface area contributed by atoms with Crippen molar-refractivity contribution in [3.63, 3.8) is 0 Å². The molecule has 0 bridgehead atoms. The van der Waals surface area contributed by atoms with Crippen molar-refractivity contribution in [1.82, 2.24) is 15.5 Å². The number of piperidine rings is 1. The number of nitrogens with zero attached hydrogens (tertiary/aromatic N) is 1. The largest absolute Gasteiger partial charge is 0.316 e. The van der Waals surface area contributed by atoms with E-state index in [9.17, 15) is 0 Å². The van der Waals surface area contributed by atoms with Crippen LogP contribution in [-0.2, 0) is 0 Å². The van der Waals surface area contributed by atoms with Gasteiger partial charge >= 0.3 is 0 Å². The van der Waals surface area contributed by atoms with Crippen LogP contribution in [0.2, 0.25) is 0 Å². The number of nitrogens with one attached hydrogen (secondary N) is 2. The summed E-state index contributed by atoms with van der Waals surface area (Å²) in [4.78, 5) is 0. The van der Waals surface area contributed by atoms with Crippen molar-refractivity contribution in [2.24, 2.45) is 5.92 Å². The topological polar surface area (TPSA) is 40.7 Å². The fraction of sp³-hybridized carbons (Fsp3) is 0.667. The molecule has 0 spiro atoms. The van der Waals surface area contributed by atoms with Crippen LogP contribution in [0.15, 0.2) is 12.3 Å². The molecule has 1 aliphatic heterocycles. The molecular formula is C9H15N3. The van der Waals surface area contributed by atoms with Crippen LogP contribution >= 0.6 is 0 Å². The highest BCUT2D eigenvalue weighted by Crippen LogP contribution is 2.23. The second-order valence-corrected chi connectivity index (χ2v) is 3.71. The van der Waals surface area contributed by atoms with Crippen LogP contribution < -0.4 is 5.32 Å². The highest BCUT2D eigenvalue weighted by Gasteiger charge is 2.20. The summed E-state index contributed by atoms with van der Waals surface area (Å²) >= 11 is 0. The number of hydrogen-bond donors (Lipinski definition) is 2. The number of aromatic nitrogens is 2. The Morgan fingerprint density at radius 3 is 3.08 bits per heavy atom. The average molecular weight is 165 g/mol. The summed E-state index contributed by atoms with van der Waals surface area (Å²) in [6.45, 7) is 4.53. The van der Waals surface area contributed by atoms with Gasteiger partial charge in [0, 0.05) is 24.4 Å². The van der Waals surface area contributed by atoms with Gasteiger partial charge in [-0.25, -0.2) is 0 Å². The van der Waals surface area contributed by atoms with Crippen LogP contribution in [0.5, 0.6) is 0 Å². The second kappa shape index (κ2) is 3.27. The van der Waals surface area contributed by atoms with Crippen molar-refractivity contribution < 1.29 is 0 Å². The number of rotatable bonds is 1. The summed E-state index contributed by atoms with van der Waals surface area (Å²) in [5.41, 5.74) is 1.27. The van der Waals surface area contributed by atoms with E-state index < -0.39 is 0 Å². The highest BCUT2D eigenvalue weighted by atomic mass is 15.1. The molecule has 3 nitrogen and oxygen atoms in total. The molecule has 1 aromatic heterocycles. The van der Waals surface area contributed by atoms with E-state index in [-0.39, 0.29) is 0 Å². The number of aromatic amines is 1. The zero-order valence-corrected chi connectivity index (χ0v) is 7.38. The molecule has 0 unspecified atom stereocenters. The average Bonchev–Trinajstić information content (AvgIpc) is 2.56. The number of H-pyrrole nitrogens is 1. The van der Waals surface area contributed by atoms with Gasteiger partial charge in [-0.2, -0.15) is 5.10 Å². The molecule has 3 heteroatoms. The molecule has 12 heavy (non-hydrogen) atoms. The first-order valence-electron chi connectivity index (χ1n) is 4.56. The maximum Gasteiger partial charge on any atom is 0.0490 e. The van der Waals surface area contributed by atoms with Gasteiger partial charge in [-0.15, -0.1) is 0 Å². The van der Waals surface area contributed by atoms with Crippen molar-refractivity contribution in [2.45, 2.75) is 19.3 Å². The lowest BCUT2D eigenvalue weighted by molar-refractivity contribution is 0.359. The van der Waals surface area contributed by atoms with Crippen molar-refractivity contribution in [1.29, 1.82) is 0 Å². The lowest BCUT2D eigenvalue weighted by atomic mass is 9.90. The summed E-state index contributed by atoms with van der Waals surface area (Å²) in [5, 5.41) is 10.4. The summed E-state index contributed by atoms with van der Waals surface area (Å²) in [5.74, 6) is 1.42. The van der Waals surface area contributed by atoms with Crippen LogP contribution in [-0.4, -0.2) is 23.3 Å². The minimum Gasteiger partial charge on any atom is -0.316 e. The first kappa shape index (κ1) is 7.80. The molecule has 0 amide bonds. The van der Waals surface area contributed by atoms with Gasteiger partial charge in [0.1, 0.15) is 0 Å². The first-order valence-corrected chi connectivity index (χ1v) is 4.56. The van der Waals surface area contributed by atoms with Gasteiger partial charge in [0.15, 0.2) is 0 Å². The fourth-order valence-corrected chi connectivity index (χ4v) is 1.89. The molecule has 2 rings (SSSR count). The second-order valence-electron chi connectivity index (χ2n) is 3.71. The molecular weight excluding hydrogens is 150 g/mol. The molecule has 1 saturated heterocycles. The lowest BCUT2D eigenvalue weighted by Gasteiger charge is -2.26. The van der Waals surface area contributed by atoms with E-state index in [1.165, 1.54) is 12.1 Å². The van der Waals surface area contributed by atoms with Crippen LogP contribution in [0.1, 0.15) is 25.0 Å². The smallest absolute Gasteiger partial charge is 0.0490 e. The maximum atomic E-state index is 3.97. The SMILES string of the molecule is C[C@H]1CNC[C@H](c2ccn[nH]2)C1. The quantitative estimate of drug-likeness (QED) is 0.654. The van der Waals surface area contributed by atoms with Crippen molar-refractivity contribution in [3.05, 3.63) is 18.0 Å². The van der Waals surface area contributed by atoms with Crippen molar-refractivity contribution in [2.75, 3.05) is 13.1 Å². The number of hydrogen-bond acceptors (Lipinski definition) is 2. The predicted octanol–water partition coefficient (Wildman–Crippen LogP) is 1.12. The summed E-state index contributed by atoms with van der Waals surface area (Å²) in [6.07, 6.45) is 3.10. The van der Waals surface area contributed by atoms with Gasteiger partial charge in [-0.1, -0.05) is 6.92 Å². The molecule has 2 atom stereocenters. The van der Waals surface area contributed by atoms with Crippen molar-refractivity contribution >= 4 is 0 Å². The van der Waals surface area contributed by atoms with Gasteiger partial charge in [0.05, 0.1) is 0 Å². The van der Waals surface area contributed by atoms with E-state index in [0.717, 1.165) is 19.0 Å². The minimum absolute atomic E-state index is 0.635. The maximum absolute atomic E-state index is 3.97. The summed E-state index contributed by atoms with van der Waals surface area (Å²) in [6, 6.07) is 2.07. The Hall–Kier alpha value is -0.830. The Balaban J connectivity index is 2.04. The fourth-order valence-electron chi connectivity index (χ4n) is 1.89. The standard InChI is InChI=1S/C9H15N3/c1-7-4-8(6-10-5-7)9-2-3-11-12-9/h2-3,7-8,10H,4-6H2,1H3,(H,11,12)/t7-,8-/m1/s1. The van der Waals surface area contributed by atoms with E-state index in [2.05, 4.69) is 28.5 Å². The summed E-state index contributed by atoms with van der Waals surface area (Å²) < 4.78 is 0. The van der Waals surface area contributed by atoms with Gasteiger partial charge in [-0.3, -0.25) is 5.10 Å². The van der Waals surface area contributed by atoms with E-state index in [1.807, 2.05) is 6.20 Å². The molecule has 2 heterocycles. The Labute approximate surface area is 72.6 Å². The molecule has 1 fully saturated rings. The third-order valence-electron chi connectivity index (χ3n) is 2.53. The monoisotopic (exact) mass is 165 g/mol. The van der Waals surface area contributed by atoms with Crippen LogP contribution in [0.3, 0.4) is 0 Å². The van der Waals surface area contributed by atoms with Crippen LogP contribution in [0.4, 0.5) is 0 Å². The molecule has 0 saturated carbocycles. The molecule has 1 aromatic rings. The Bertz CT molecular complexity index is 230. The summed E-state index contributed by atoms with van der Waals surface area (Å²) in [7, 11) is 0. The van der Waals surface area contributed by atoms with E-state index in [4.69, 9.17) is 0 Å². The Morgan fingerprint density at radius 2 is 2.42 bits per heavy atom. The first-order chi connectivity index (χ1) is 5.86. The van der Waals surface area contributed by atoms with E-state index in [0.29, 0.717) is 5.92 Å². The van der Waals surface area contributed by atoms with Gasteiger partial charge < -0.3 is 5.32 Å². The normalized spacial score (nSPS) is 30.4. The molecule has 1 aliphatic rings. The molecule has 0 aliphatic carbocycles. The zero-order valence-electron chi connectivity index (χ0n) is 7.38. The Kier molecular flexibility index (Phi) is 2.13. The molecule has 0 aromatic carbocycles. The van der Waals surface area contributed by atoms with Gasteiger partial charge in [0.25, 0.3) is 0 Å². The predicted molar refractivity (Wildman–Crippen MR) is 48.0 cm³/mol. The minimum atomic E-state index is 0.635. The Morgan fingerprint density at radius 1 is 1.50 bits per heavy atom. The van der Waals surface area contributed by atoms with Gasteiger partial charge in [-0.05, 0) is 24.9 Å². The molecule has 66 valence electrons. The van der Waals surface area contributed by atoms with Crippen LogP contribution in [0.25, 0.3) is 0 Å². The lowest BCUT2D eigenvalue weighted by Crippen LogP contribution is -2.33. The zero-order chi connectivity index (χ0) is 8.39.